The van der Waals surface area contributed by atoms with E-state index in [-0.39, 0.29) is 29.1 Å². The van der Waals surface area contributed by atoms with Crippen LogP contribution < -0.4 is 0 Å². The highest BCUT2D eigenvalue weighted by Gasteiger charge is 2.33. The summed E-state index contributed by atoms with van der Waals surface area (Å²) in [5, 5.41) is 0. The van der Waals surface area contributed by atoms with Gasteiger partial charge in [0.25, 0.3) is 5.91 Å². The topological polar surface area (TPSA) is 70.2 Å². The molecule has 0 N–H and O–H groups in total. The van der Waals surface area contributed by atoms with Crippen molar-refractivity contribution in [1.82, 2.24) is 14.1 Å². The lowest BCUT2D eigenvalue weighted by molar-refractivity contribution is -0.0440. The highest BCUT2D eigenvalue weighted by Crippen LogP contribution is 2.30. The minimum absolute atomic E-state index is 0.112. The molecule has 0 saturated carbocycles. The Labute approximate surface area is 225 Å². The smallest absolute Gasteiger partial charge is 0.253 e. The van der Waals surface area contributed by atoms with Crippen LogP contribution in [0.5, 0.6) is 0 Å². The largest absolute Gasteiger partial charge is 0.373 e. The number of ether oxygens (including phenoxy) is 1. The lowest BCUT2D eigenvalue weighted by atomic mass is 9.96. The Morgan fingerprint density at radius 1 is 0.789 bits per heavy atom. The highest BCUT2D eigenvalue weighted by molar-refractivity contribution is 7.89. The number of hydrogen-bond donors (Lipinski definition) is 0. The monoisotopic (exact) mass is 533 g/mol. The van der Waals surface area contributed by atoms with E-state index < -0.39 is 10.0 Å². The number of carbonyl (C=O) groups excluding carboxylic acids is 1. The van der Waals surface area contributed by atoms with Crippen LogP contribution in [0.3, 0.4) is 0 Å². The number of nitrogens with zero attached hydrogens (tertiary/aromatic N) is 3. The lowest BCUT2D eigenvalue weighted by Gasteiger charge is -2.40. The average Bonchev–Trinajstić information content (AvgIpc) is 2.94. The molecular formula is C30H35N3O4S. The van der Waals surface area contributed by atoms with E-state index in [0.717, 1.165) is 13.1 Å². The fourth-order valence-electron chi connectivity index (χ4n) is 5.52. The molecule has 2 atom stereocenters. The molecule has 38 heavy (non-hydrogen) atoms. The summed E-state index contributed by atoms with van der Waals surface area (Å²) < 4.78 is 33.9. The summed E-state index contributed by atoms with van der Waals surface area (Å²) in [6.07, 6.45) is -0.351. The zero-order valence-corrected chi connectivity index (χ0v) is 22.8. The van der Waals surface area contributed by atoms with E-state index in [4.69, 9.17) is 4.74 Å². The normalized spacial score (nSPS) is 21.5. The van der Waals surface area contributed by atoms with E-state index >= 15 is 0 Å². The molecule has 1 amide bonds. The molecule has 0 aliphatic carbocycles. The Bertz CT molecular complexity index is 1290. The molecule has 8 heteroatoms. The maximum atomic E-state index is 13.5. The maximum absolute atomic E-state index is 13.5. The number of sulfonamides is 1. The van der Waals surface area contributed by atoms with Gasteiger partial charge in [0.05, 0.1) is 23.1 Å². The number of piperazine rings is 1. The highest BCUT2D eigenvalue weighted by atomic mass is 32.2. The predicted octanol–water partition coefficient (Wildman–Crippen LogP) is 4.03. The fourth-order valence-corrected chi connectivity index (χ4v) is 7.15. The number of rotatable bonds is 6. The molecule has 2 aliphatic heterocycles. The summed E-state index contributed by atoms with van der Waals surface area (Å²) in [7, 11) is -3.72. The van der Waals surface area contributed by atoms with Crippen molar-refractivity contribution in [2.75, 3.05) is 39.3 Å². The third-order valence-electron chi connectivity index (χ3n) is 7.30. The Morgan fingerprint density at radius 2 is 1.34 bits per heavy atom. The molecule has 5 rings (SSSR count). The zero-order chi connectivity index (χ0) is 26.7. The molecule has 0 bridgehead atoms. The standard InChI is InChI=1S/C30H35N3O4S/c1-23-21-33(22-24(2)37-23)38(35,36)28-15-9-14-27(20-28)30(34)32-18-16-31(17-19-32)29(25-10-5-3-6-11-25)26-12-7-4-8-13-26/h3-15,20,23-24,29H,16-19,21-22H2,1-2H3/t23-,24-/m0/s1. The summed E-state index contributed by atoms with van der Waals surface area (Å²) in [4.78, 5) is 17.8. The van der Waals surface area contributed by atoms with Crippen molar-refractivity contribution in [3.63, 3.8) is 0 Å². The van der Waals surface area contributed by atoms with Gasteiger partial charge in [0.2, 0.25) is 10.0 Å². The Balaban J connectivity index is 1.30. The second-order valence-corrected chi connectivity index (χ2v) is 12.1. The van der Waals surface area contributed by atoms with E-state index in [9.17, 15) is 13.2 Å². The molecule has 2 aliphatic rings. The van der Waals surface area contributed by atoms with Crippen LogP contribution in [0, 0.1) is 0 Å². The average molecular weight is 534 g/mol. The van der Waals surface area contributed by atoms with E-state index in [1.165, 1.54) is 21.5 Å². The molecule has 200 valence electrons. The van der Waals surface area contributed by atoms with Gasteiger partial charge in [0.1, 0.15) is 0 Å². The zero-order valence-electron chi connectivity index (χ0n) is 21.9. The van der Waals surface area contributed by atoms with Crippen molar-refractivity contribution in [3.05, 3.63) is 102 Å². The minimum Gasteiger partial charge on any atom is -0.373 e. The Kier molecular flexibility index (Phi) is 7.95. The van der Waals surface area contributed by atoms with Crippen LogP contribution in [0.2, 0.25) is 0 Å². The van der Waals surface area contributed by atoms with Gasteiger partial charge < -0.3 is 9.64 Å². The van der Waals surface area contributed by atoms with Crippen LogP contribution in [-0.2, 0) is 14.8 Å². The van der Waals surface area contributed by atoms with Gasteiger partial charge in [-0.25, -0.2) is 8.42 Å². The van der Waals surface area contributed by atoms with Gasteiger partial charge in [-0.05, 0) is 43.2 Å². The molecule has 2 heterocycles. The SMILES string of the molecule is C[C@H]1CN(S(=O)(=O)c2cccc(C(=O)N3CCN(C(c4ccccc4)c4ccccc4)CC3)c2)C[C@H](C)O1. The molecule has 3 aromatic rings. The van der Waals surface area contributed by atoms with Gasteiger partial charge in [-0.1, -0.05) is 66.7 Å². The molecule has 0 aromatic heterocycles. The van der Waals surface area contributed by atoms with E-state index in [1.807, 2.05) is 30.9 Å². The molecule has 0 spiro atoms. The minimum atomic E-state index is -3.72. The van der Waals surface area contributed by atoms with Crippen molar-refractivity contribution in [2.45, 2.75) is 37.0 Å². The maximum Gasteiger partial charge on any atom is 0.253 e. The van der Waals surface area contributed by atoms with Crippen molar-refractivity contribution in [2.24, 2.45) is 0 Å². The molecule has 2 fully saturated rings. The first-order valence-corrected chi connectivity index (χ1v) is 14.7. The second kappa shape index (κ2) is 11.4. The van der Waals surface area contributed by atoms with Crippen molar-refractivity contribution in [1.29, 1.82) is 0 Å². The Morgan fingerprint density at radius 3 is 1.89 bits per heavy atom. The summed E-state index contributed by atoms with van der Waals surface area (Å²) >= 11 is 0. The number of hydrogen-bond acceptors (Lipinski definition) is 5. The molecule has 0 radical (unpaired) electrons. The molecular weight excluding hydrogens is 498 g/mol. The fraction of sp³-hybridized carbons (Fsp3) is 0.367. The molecule has 2 saturated heterocycles. The predicted molar refractivity (Wildman–Crippen MR) is 147 cm³/mol. The summed E-state index contributed by atoms with van der Waals surface area (Å²) in [5.74, 6) is -0.138. The second-order valence-electron chi connectivity index (χ2n) is 10.2. The van der Waals surface area contributed by atoms with E-state index in [0.29, 0.717) is 31.7 Å². The van der Waals surface area contributed by atoms with Gasteiger partial charge in [-0.15, -0.1) is 0 Å². The van der Waals surface area contributed by atoms with Crippen molar-refractivity contribution < 1.29 is 17.9 Å². The van der Waals surface area contributed by atoms with Crippen molar-refractivity contribution in [3.8, 4) is 0 Å². The first-order chi connectivity index (χ1) is 18.3. The third-order valence-corrected chi connectivity index (χ3v) is 9.13. The first kappa shape index (κ1) is 26.6. The van der Waals surface area contributed by atoms with Gasteiger partial charge in [-0.3, -0.25) is 9.69 Å². The van der Waals surface area contributed by atoms with Crippen LogP contribution in [0.25, 0.3) is 0 Å². The molecule has 7 nitrogen and oxygen atoms in total. The van der Waals surface area contributed by atoms with Gasteiger partial charge >= 0.3 is 0 Å². The van der Waals surface area contributed by atoms with Crippen molar-refractivity contribution >= 4 is 15.9 Å². The summed E-state index contributed by atoms with van der Waals surface area (Å²) in [6.45, 7) is 6.95. The van der Waals surface area contributed by atoms with Crippen LogP contribution >= 0.6 is 0 Å². The molecule has 3 aromatic carbocycles. The number of benzene rings is 3. The molecule has 0 unspecified atom stereocenters. The number of morpholine rings is 1. The van der Waals surface area contributed by atoms with Gasteiger partial charge in [0, 0.05) is 44.8 Å². The van der Waals surface area contributed by atoms with Gasteiger partial charge in [0.15, 0.2) is 0 Å². The third kappa shape index (κ3) is 5.68. The first-order valence-electron chi connectivity index (χ1n) is 13.2. The lowest BCUT2D eigenvalue weighted by Crippen LogP contribution is -2.50. The van der Waals surface area contributed by atoms with E-state index in [1.54, 1.807) is 18.2 Å². The van der Waals surface area contributed by atoms with Crippen LogP contribution in [0.4, 0.5) is 0 Å². The van der Waals surface area contributed by atoms with Crippen LogP contribution in [0.15, 0.2) is 89.8 Å². The Hall–Kier alpha value is -3.04. The number of amides is 1. The van der Waals surface area contributed by atoms with E-state index in [2.05, 4.69) is 53.4 Å². The quantitative estimate of drug-likeness (QED) is 0.479. The summed E-state index contributed by atoms with van der Waals surface area (Å²) in [6, 6.07) is 27.4. The summed E-state index contributed by atoms with van der Waals surface area (Å²) in [5.41, 5.74) is 2.85. The van der Waals surface area contributed by atoms with Crippen LogP contribution in [0.1, 0.15) is 41.4 Å². The number of carbonyl (C=O) groups is 1. The van der Waals surface area contributed by atoms with Gasteiger partial charge in [-0.2, -0.15) is 4.31 Å². The van der Waals surface area contributed by atoms with Crippen LogP contribution in [-0.4, -0.2) is 79.9 Å².